The number of alkyl halides is 8. The van der Waals surface area contributed by atoms with E-state index in [0.29, 0.717) is 29.4 Å². The molecule has 0 spiro atoms. The average molecular weight is 598 g/mol. The Morgan fingerprint density at radius 1 is 0.619 bits per heavy atom. The number of nitrogens with zero attached hydrogens (tertiary/aromatic N) is 1. The minimum Gasteiger partial charge on any atom is -0.457 e. The molecule has 0 heterocycles. The van der Waals surface area contributed by atoms with Crippen molar-refractivity contribution in [2.45, 2.75) is 30.9 Å². The minimum atomic E-state index is -5.87. The Bertz CT molecular complexity index is 1480. The largest absolute Gasteiger partial charge is 0.458 e. The van der Waals surface area contributed by atoms with Gasteiger partial charge in [-0.3, -0.25) is 0 Å². The van der Waals surface area contributed by atoms with Gasteiger partial charge in [0.05, 0.1) is 6.54 Å². The van der Waals surface area contributed by atoms with Gasteiger partial charge in [-0.25, -0.2) is 0 Å². The van der Waals surface area contributed by atoms with Gasteiger partial charge in [0.1, 0.15) is 23.0 Å². The standard InChI is InChI=1S/C30H23F8NO3/c31-28(32,30(36,37)38)21-8-4-7-20(15-21)18-39(19-27(40)29(33,34)35)22-9-5-12-24(16-22)42-26-14-6-13-25(17-26)41-23-10-2-1-3-11-23/h1-17,27,40H,18-19H2. The van der Waals surface area contributed by atoms with Crippen molar-refractivity contribution in [3.63, 3.8) is 0 Å². The number of aliphatic hydroxyl groups is 1. The number of halogens is 8. The molecular weight excluding hydrogens is 574 g/mol. The van der Waals surface area contributed by atoms with E-state index in [4.69, 9.17) is 9.47 Å². The second kappa shape index (κ2) is 12.3. The van der Waals surface area contributed by atoms with Crippen molar-refractivity contribution in [3.8, 4) is 23.0 Å². The van der Waals surface area contributed by atoms with Crippen LogP contribution in [0, 0.1) is 0 Å². The monoisotopic (exact) mass is 597 g/mol. The van der Waals surface area contributed by atoms with Crippen molar-refractivity contribution < 1.29 is 49.7 Å². The summed E-state index contributed by atoms with van der Waals surface area (Å²) in [7, 11) is 0. The Hall–Kier alpha value is -4.32. The number of benzene rings is 4. The molecular formula is C30H23F8NO3. The molecule has 4 aromatic carbocycles. The van der Waals surface area contributed by atoms with Crippen LogP contribution in [0.4, 0.5) is 40.8 Å². The quantitative estimate of drug-likeness (QED) is 0.186. The van der Waals surface area contributed by atoms with E-state index in [1.165, 1.54) is 30.3 Å². The third-order valence-corrected chi connectivity index (χ3v) is 5.99. The van der Waals surface area contributed by atoms with E-state index in [9.17, 15) is 40.2 Å². The molecule has 0 bridgehead atoms. The van der Waals surface area contributed by atoms with Gasteiger partial charge in [0.25, 0.3) is 0 Å². The number of hydrogen-bond acceptors (Lipinski definition) is 4. The highest BCUT2D eigenvalue weighted by Crippen LogP contribution is 2.44. The second-order valence-electron chi connectivity index (χ2n) is 9.20. The lowest BCUT2D eigenvalue weighted by Gasteiger charge is -2.29. The zero-order chi connectivity index (χ0) is 30.5. The molecule has 0 saturated carbocycles. The van der Waals surface area contributed by atoms with Crippen LogP contribution in [0.25, 0.3) is 0 Å². The highest BCUT2D eigenvalue weighted by Gasteiger charge is 2.58. The molecule has 0 amide bonds. The zero-order valence-corrected chi connectivity index (χ0v) is 21.5. The summed E-state index contributed by atoms with van der Waals surface area (Å²) >= 11 is 0. The van der Waals surface area contributed by atoms with Gasteiger partial charge in [-0.2, -0.15) is 35.1 Å². The number of anilines is 1. The lowest BCUT2D eigenvalue weighted by molar-refractivity contribution is -0.289. The van der Waals surface area contributed by atoms with Crippen molar-refractivity contribution in [2.75, 3.05) is 11.4 Å². The molecule has 1 atom stereocenters. The fourth-order valence-electron chi connectivity index (χ4n) is 3.93. The smallest absolute Gasteiger partial charge is 0.457 e. The van der Waals surface area contributed by atoms with Crippen LogP contribution in [0.3, 0.4) is 0 Å². The van der Waals surface area contributed by atoms with E-state index in [0.717, 1.165) is 11.0 Å². The van der Waals surface area contributed by atoms with Gasteiger partial charge in [-0.1, -0.05) is 48.5 Å². The summed E-state index contributed by atoms with van der Waals surface area (Å²) in [5.41, 5.74) is -1.41. The molecule has 0 aliphatic heterocycles. The molecule has 222 valence electrons. The van der Waals surface area contributed by atoms with Gasteiger partial charge in [0.15, 0.2) is 6.10 Å². The molecule has 0 aromatic heterocycles. The van der Waals surface area contributed by atoms with Gasteiger partial charge in [0.2, 0.25) is 0 Å². The SMILES string of the molecule is OC(CN(Cc1cccc(C(F)(F)C(F)(F)F)c1)c1cccc(Oc2cccc(Oc3ccccc3)c2)c1)C(F)(F)F. The van der Waals surface area contributed by atoms with E-state index in [1.54, 1.807) is 48.5 Å². The summed E-state index contributed by atoms with van der Waals surface area (Å²) in [5.74, 6) is -3.66. The van der Waals surface area contributed by atoms with E-state index in [1.807, 2.05) is 6.07 Å². The number of hydrogen-bond donors (Lipinski definition) is 1. The molecule has 0 radical (unpaired) electrons. The van der Waals surface area contributed by atoms with E-state index < -0.39 is 43.0 Å². The number of aliphatic hydroxyl groups excluding tert-OH is 1. The normalized spacial score (nSPS) is 13.0. The molecule has 0 aliphatic carbocycles. The van der Waals surface area contributed by atoms with Gasteiger partial charge in [-0.05, 0) is 48.0 Å². The first-order chi connectivity index (χ1) is 19.7. The third kappa shape index (κ3) is 7.69. The first kappa shape index (κ1) is 30.6. The predicted molar refractivity (Wildman–Crippen MR) is 139 cm³/mol. The number of ether oxygens (including phenoxy) is 2. The van der Waals surface area contributed by atoms with Crippen LogP contribution in [-0.4, -0.2) is 30.1 Å². The van der Waals surface area contributed by atoms with Crippen LogP contribution in [-0.2, 0) is 12.5 Å². The predicted octanol–water partition coefficient (Wildman–Crippen LogP) is 8.86. The molecule has 4 aromatic rings. The topological polar surface area (TPSA) is 41.9 Å². The van der Waals surface area contributed by atoms with Crippen LogP contribution in [0.5, 0.6) is 23.0 Å². The molecule has 4 rings (SSSR count). The fourth-order valence-corrected chi connectivity index (χ4v) is 3.93. The molecule has 1 N–H and O–H groups in total. The fraction of sp³-hybridized carbons (Fsp3) is 0.200. The summed E-state index contributed by atoms with van der Waals surface area (Å²) in [4.78, 5) is 1.00. The van der Waals surface area contributed by atoms with Crippen LogP contribution in [0.2, 0.25) is 0 Å². The first-order valence-electron chi connectivity index (χ1n) is 12.4. The van der Waals surface area contributed by atoms with Crippen molar-refractivity contribution in [1.82, 2.24) is 0 Å². The van der Waals surface area contributed by atoms with Crippen LogP contribution in [0.1, 0.15) is 11.1 Å². The summed E-state index contributed by atoms with van der Waals surface area (Å²) in [5, 5.41) is 9.76. The Kier molecular flexibility index (Phi) is 8.95. The number of rotatable bonds is 10. The Labute approximate surface area is 235 Å². The maximum absolute atomic E-state index is 13.9. The second-order valence-corrected chi connectivity index (χ2v) is 9.20. The molecule has 4 nitrogen and oxygen atoms in total. The van der Waals surface area contributed by atoms with Gasteiger partial charge >= 0.3 is 18.3 Å². The van der Waals surface area contributed by atoms with Gasteiger partial charge < -0.3 is 19.5 Å². The molecule has 0 saturated heterocycles. The van der Waals surface area contributed by atoms with E-state index in [2.05, 4.69) is 0 Å². The van der Waals surface area contributed by atoms with E-state index in [-0.39, 0.29) is 17.0 Å². The molecule has 12 heteroatoms. The molecule has 1 unspecified atom stereocenters. The Balaban J connectivity index is 1.60. The minimum absolute atomic E-state index is 0.0838. The third-order valence-electron chi connectivity index (χ3n) is 5.99. The van der Waals surface area contributed by atoms with Crippen LogP contribution < -0.4 is 14.4 Å². The maximum atomic E-state index is 13.9. The molecule has 0 aliphatic rings. The lowest BCUT2D eigenvalue weighted by Crippen LogP contribution is -2.41. The van der Waals surface area contributed by atoms with Crippen molar-refractivity contribution in [1.29, 1.82) is 0 Å². The highest BCUT2D eigenvalue weighted by molar-refractivity contribution is 5.53. The summed E-state index contributed by atoms with van der Waals surface area (Å²) < 4.78 is 118. The molecule has 42 heavy (non-hydrogen) atoms. The lowest BCUT2D eigenvalue weighted by atomic mass is 10.0. The highest BCUT2D eigenvalue weighted by atomic mass is 19.4. The van der Waals surface area contributed by atoms with Crippen LogP contribution >= 0.6 is 0 Å². The van der Waals surface area contributed by atoms with Crippen molar-refractivity contribution in [3.05, 3.63) is 114 Å². The summed E-state index contributed by atoms with van der Waals surface area (Å²) in [6, 6.07) is 24.4. The van der Waals surface area contributed by atoms with Crippen molar-refractivity contribution >= 4 is 5.69 Å². The average Bonchev–Trinajstić information content (AvgIpc) is 2.92. The first-order valence-corrected chi connectivity index (χ1v) is 12.4. The number of para-hydroxylation sites is 1. The zero-order valence-electron chi connectivity index (χ0n) is 21.5. The van der Waals surface area contributed by atoms with Gasteiger partial charge in [-0.15, -0.1) is 0 Å². The summed E-state index contributed by atoms with van der Waals surface area (Å²) in [6.07, 6.45) is -13.7. The van der Waals surface area contributed by atoms with Crippen molar-refractivity contribution in [2.24, 2.45) is 0 Å². The van der Waals surface area contributed by atoms with E-state index >= 15 is 0 Å². The Morgan fingerprint density at radius 3 is 1.79 bits per heavy atom. The van der Waals surface area contributed by atoms with Crippen LogP contribution in [0.15, 0.2) is 103 Å². The Morgan fingerprint density at radius 2 is 1.17 bits per heavy atom. The van der Waals surface area contributed by atoms with Gasteiger partial charge in [0, 0.05) is 29.9 Å². The molecule has 0 fully saturated rings. The summed E-state index contributed by atoms with van der Waals surface area (Å²) in [6.45, 7) is -1.56. The maximum Gasteiger partial charge on any atom is 0.458 e.